The molecule has 19 heavy (non-hydrogen) atoms. The van der Waals surface area contributed by atoms with E-state index in [0.717, 1.165) is 24.9 Å². The van der Waals surface area contributed by atoms with Gasteiger partial charge < -0.3 is 15.4 Å². The van der Waals surface area contributed by atoms with Crippen molar-refractivity contribution in [2.24, 2.45) is 0 Å². The van der Waals surface area contributed by atoms with E-state index in [1.165, 1.54) is 0 Å². The number of methoxy groups -OCH3 is 1. The Labute approximate surface area is 114 Å². The zero-order valence-corrected chi connectivity index (χ0v) is 11.9. The number of benzene rings is 1. The summed E-state index contributed by atoms with van der Waals surface area (Å²) in [6.45, 7) is 5.36. The van der Waals surface area contributed by atoms with Crippen LogP contribution in [0.25, 0.3) is 0 Å². The lowest BCUT2D eigenvalue weighted by Crippen LogP contribution is -2.49. The van der Waals surface area contributed by atoms with E-state index >= 15 is 0 Å². The molecule has 1 unspecified atom stereocenters. The molecule has 0 saturated carbocycles. The first-order chi connectivity index (χ1) is 8.97. The molecule has 2 rings (SSSR count). The van der Waals surface area contributed by atoms with Crippen LogP contribution in [0.2, 0.25) is 0 Å². The molecule has 2 N–H and O–H groups in total. The minimum Gasteiger partial charge on any atom is -0.398 e. The Morgan fingerprint density at radius 3 is 2.89 bits per heavy atom. The van der Waals surface area contributed by atoms with Crippen molar-refractivity contribution < 1.29 is 9.53 Å². The number of hydrogen-bond acceptors (Lipinski definition) is 3. The van der Waals surface area contributed by atoms with E-state index in [-0.39, 0.29) is 11.5 Å². The van der Waals surface area contributed by atoms with Crippen LogP contribution >= 0.6 is 0 Å². The van der Waals surface area contributed by atoms with Gasteiger partial charge in [0, 0.05) is 25.9 Å². The molecule has 0 bridgehead atoms. The highest BCUT2D eigenvalue weighted by atomic mass is 16.5. The monoisotopic (exact) mass is 262 g/mol. The van der Waals surface area contributed by atoms with Crippen molar-refractivity contribution in [3.63, 3.8) is 0 Å². The number of ether oxygens (including phenoxy) is 1. The van der Waals surface area contributed by atoms with Crippen molar-refractivity contribution in [1.29, 1.82) is 0 Å². The molecule has 0 aromatic heterocycles. The van der Waals surface area contributed by atoms with Crippen molar-refractivity contribution in [2.75, 3.05) is 25.9 Å². The van der Waals surface area contributed by atoms with Gasteiger partial charge in [-0.25, -0.2) is 0 Å². The maximum Gasteiger partial charge on any atom is 0.256 e. The molecule has 1 saturated heterocycles. The van der Waals surface area contributed by atoms with Crippen LogP contribution in [0.3, 0.4) is 0 Å². The molecule has 1 atom stereocenters. The first-order valence-electron chi connectivity index (χ1n) is 6.66. The molecule has 1 fully saturated rings. The number of para-hydroxylation sites is 1. The van der Waals surface area contributed by atoms with E-state index < -0.39 is 0 Å². The van der Waals surface area contributed by atoms with Crippen molar-refractivity contribution >= 4 is 11.6 Å². The number of rotatable bonds is 2. The Morgan fingerprint density at radius 1 is 1.47 bits per heavy atom. The molecule has 1 aromatic carbocycles. The summed E-state index contributed by atoms with van der Waals surface area (Å²) < 4.78 is 5.52. The molecular formula is C15H22N2O2. The third kappa shape index (κ3) is 2.73. The Morgan fingerprint density at radius 2 is 2.21 bits per heavy atom. The molecule has 4 heteroatoms. The quantitative estimate of drug-likeness (QED) is 0.831. The third-order valence-electron chi connectivity index (χ3n) is 3.99. The van der Waals surface area contributed by atoms with Gasteiger partial charge in [0.2, 0.25) is 0 Å². The Balaban J connectivity index is 2.22. The SMILES string of the molecule is COC1(C)CCCN(C(=O)c2cccc(C)c2N)C1. The second-order valence-corrected chi connectivity index (χ2v) is 5.52. The molecule has 1 aliphatic heterocycles. The van der Waals surface area contributed by atoms with E-state index in [1.54, 1.807) is 13.2 Å². The normalized spacial score (nSPS) is 23.4. The Bertz CT molecular complexity index is 487. The molecule has 1 aliphatic rings. The average Bonchev–Trinajstić information content (AvgIpc) is 2.41. The lowest BCUT2D eigenvalue weighted by atomic mass is 9.94. The number of likely N-dealkylation sites (tertiary alicyclic amines) is 1. The second-order valence-electron chi connectivity index (χ2n) is 5.52. The summed E-state index contributed by atoms with van der Waals surface area (Å²) in [5.74, 6) is 0.00387. The van der Waals surface area contributed by atoms with Crippen LogP contribution in [0, 0.1) is 6.92 Å². The van der Waals surface area contributed by atoms with E-state index in [4.69, 9.17) is 10.5 Å². The summed E-state index contributed by atoms with van der Waals surface area (Å²) in [5.41, 5.74) is 7.89. The minimum absolute atomic E-state index is 0.00387. The number of carbonyl (C=O) groups is 1. The van der Waals surface area contributed by atoms with Crippen molar-refractivity contribution in [1.82, 2.24) is 4.90 Å². The zero-order chi connectivity index (χ0) is 14.0. The maximum atomic E-state index is 12.6. The summed E-state index contributed by atoms with van der Waals surface area (Å²) >= 11 is 0. The summed E-state index contributed by atoms with van der Waals surface area (Å²) in [6, 6.07) is 5.59. The van der Waals surface area contributed by atoms with Gasteiger partial charge in [-0.2, -0.15) is 0 Å². The van der Waals surface area contributed by atoms with E-state index in [2.05, 4.69) is 0 Å². The van der Waals surface area contributed by atoms with Crippen LogP contribution in [0.5, 0.6) is 0 Å². The number of amides is 1. The summed E-state index contributed by atoms with van der Waals surface area (Å²) in [5, 5.41) is 0. The smallest absolute Gasteiger partial charge is 0.256 e. The number of aryl methyl sites for hydroxylation is 1. The number of carbonyl (C=O) groups excluding carboxylic acids is 1. The Hall–Kier alpha value is -1.55. The van der Waals surface area contributed by atoms with Gasteiger partial charge in [0.25, 0.3) is 5.91 Å². The van der Waals surface area contributed by atoms with Gasteiger partial charge in [-0.05, 0) is 38.3 Å². The summed E-state index contributed by atoms with van der Waals surface area (Å²) in [7, 11) is 1.70. The molecule has 0 radical (unpaired) electrons. The molecule has 104 valence electrons. The molecule has 1 heterocycles. The fourth-order valence-corrected chi connectivity index (χ4v) is 2.58. The lowest BCUT2D eigenvalue weighted by Gasteiger charge is -2.39. The van der Waals surface area contributed by atoms with Crippen molar-refractivity contribution in [2.45, 2.75) is 32.3 Å². The van der Waals surface area contributed by atoms with Crippen LogP contribution in [-0.4, -0.2) is 36.6 Å². The number of hydrogen-bond donors (Lipinski definition) is 1. The molecule has 1 amide bonds. The highest BCUT2D eigenvalue weighted by Gasteiger charge is 2.33. The van der Waals surface area contributed by atoms with Crippen molar-refractivity contribution in [3.8, 4) is 0 Å². The molecular weight excluding hydrogens is 240 g/mol. The van der Waals surface area contributed by atoms with E-state index in [1.807, 2.05) is 30.9 Å². The fraction of sp³-hybridized carbons (Fsp3) is 0.533. The van der Waals surface area contributed by atoms with Gasteiger partial charge >= 0.3 is 0 Å². The average molecular weight is 262 g/mol. The van der Waals surface area contributed by atoms with Crippen LogP contribution in [-0.2, 0) is 4.74 Å². The lowest BCUT2D eigenvalue weighted by molar-refractivity contribution is -0.0439. The molecule has 4 nitrogen and oxygen atoms in total. The predicted octanol–water partition coefficient (Wildman–Crippen LogP) is 2.22. The minimum atomic E-state index is -0.244. The number of piperidine rings is 1. The first kappa shape index (κ1) is 13.9. The second kappa shape index (κ2) is 5.21. The topological polar surface area (TPSA) is 55.6 Å². The van der Waals surface area contributed by atoms with Gasteiger partial charge in [-0.3, -0.25) is 4.79 Å². The summed E-state index contributed by atoms with van der Waals surface area (Å²) in [6.07, 6.45) is 1.94. The standard InChI is InChI=1S/C15H22N2O2/c1-11-6-4-7-12(13(11)16)14(18)17-9-5-8-15(2,10-17)19-3/h4,6-7H,5,8-10,16H2,1-3H3. The van der Waals surface area contributed by atoms with Crippen LogP contribution in [0.1, 0.15) is 35.7 Å². The third-order valence-corrected chi connectivity index (χ3v) is 3.99. The van der Waals surface area contributed by atoms with E-state index in [0.29, 0.717) is 17.8 Å². The zero-order valence-electron chi connectivity index (χ0n) is 11.9. The number of anilines is 1. The number of nitrogens with two attached hydrogens (primary N) is 1. The van der Waals surface area contributed by atoms with Crippen LogP contribution < -0.4 is 5.73 Å². The largest absolute Gasteiger partial charge is 0.398 e. The highest BCUT2D eigenvalue weighted by Crippen LogP contribution is 2.26. The maximum absolute atomic E-state index is 12.6. The van der Waals surface area contributed by atoms with Gasteiger partial charge in [0.1, 0.15) is 0 Å². The first-order valence-corrected chi connectivity index (χ1v) is 6.66. The van der Waals surface area contributed by atoms with Gasteiger partial charge in [0.05, 0.1) is 11.2 Å². The van der Waals surface area contributed by atoms with Gasteiger partial charge in [-0.15, -0.1) is 0 Å². The number of nitrogens with zero attached hydrogens (tertiary/aromatic N) is 1. The Kier molecular flexibility index (Phi) is 3.80. The van der Waals surface area contributed by atoms with Crippen LogP contribution in [0.15, 0.2) is 18.2 Å². The molecule has 1 aromatic rings. The number of nitrogen functional groups attached to an aromatic ring is 1. The van der Waals surface area contributed by atoms with E-state index in [9.17, 15) is 4.79 Å². The molecule has 0 aliphatic carbocycles. The molecule has 0 spiro atoms. The fourth-order valence-electron chi connectivity index (χ4n) is 2.58. The van der Waals surface area contributed by atoms with Crippen molar-refractivity contribution in [3.05, 3.63) is 29.3 Å². The van der Waals surface area contributed by atoms with Crippen LogP contribution in [0.4, 0.5) is 5.69 Å². The highest BCUT2D eigenvalue weighted by molar-refractivity contribution is 5.99. The predicted molar refractivity (Wildman–Crippen MR) is 76.1 cm³/mol. The summed E-state index contributed by atoms with van der Waals surface area (Å²) in [4.78, 5) is 14.4. The van der Waals surface area contributed by atoms with Gasteiger partial charge in [0.15, 0.2) is 0 Å². The van der Waals surface area contributed by atoms with Gasteiger partial charge in [-0.1, -0.05) is 12.1 Å².